The molecule has 0 unspecified atom stereocenters. The number of carbonyl (C=O) groups is 1. The minimum absolute atomic E-state index is 0.0324. The lowest BCUT2D eigenvalue weighted by atomic mass is 10.1. The highest BCUT2D eigenvalue weighted by Gasteiger charge is 2.12. The molecule has 2 heterocycles. The molecule has 7 heteroatoms. The van der Waals surface area contributed by atoms with Crippen molar-refractivity contribution in [3.8, 4) is 0 Å². The van der Waals surface area contributed by atoms with Crippen LogP contribution in [0.15, 0.2) is 59.5 Å². The second-order valence-electron chi connectivity index (χ2n) is 7.16. The van der Waals surface area contributed by atoms with E-state index in [9.17, 15) is 9.59 Å². The van der Waals surface area contributed by atoms with E-state index in [4.69, 9.17) is 4.74 Å². The summed E-state index contributed by atoms with van der Waals surface area (Å²) in [5, 5.41) is 2.92. The van der Waals surface area contributed by atoms with Gasteiger partial charge in [0, 0.05) is 26.2 Å². The van der Waals surface area contributed by atoms with E-state index < -0.39 is 0 Å². The van der Waals surface area contributed by atoms with Crippen LogP contribution in [0.2, 0.25) is 0 Å². The second-order valence-corrected chi connectivity index (χ2v) is 7.16. The molecule has 1 saturated heterocycles. The Hall–Kier alpha value is -3.03. The molecule has 0 spiro atoms. The third-order valence-electron chi connectivity index (χ3n) is 5.05. The Morgan fingerprint density at radius 3 is 2.72 bits per heavy atom. The zero-order chi connectivity index (χ0) is 20.1. The van der Waals surface area contributed by atoms with Gasteiger partial charge in [-0.15, -0.1) is 0 Å². The average molecular weight is 392 g/mol. The molecule has 1 amide bonds. The molecule has 1 fully saturated rings. The van der Waals surface area contributed by atoms with Gasteiger partial charge in [-0.3, -0.25) is 19.1 Å². The Morgan fingerprint density at radius 2 is 1.86 bits per heavy atom. The number of nitrogens with zero attached hydrogens (tertiary/aromatic N) is 3. The lowest BCUT2D eigenvalue weighted by Crippen LogP contribution is -2.35. The first-order valence-corrected chi connectivity index (χ1v) is 9.78. The van der Waals surface area contributed by atoms with Crippen LogP contribution in [0.4, 0.5) is 0 Å². The monoisotopic (exact) mass is 392 g/mol. The average Bonchev–Trinajstić information content (AvgIpc) is 2.75. The maximum atomic E-state index is 12.5. The topological polar surface area (TPSA) is 76.5 Å². The molecule has 1 aromatic heterocycles. The van der Waals surface area contributed by atoms with Gasteiger partial charge in [0.2, 0.25) is 5.91 Å². The summed E-state index contributed by atoms with van der Waals surface area (Å²) in [6, 6.07) is 15.5. The fourth-order valence-corrected chi connectivity index (χ4v) is 3.53. The first-order chi connectivity index (χ1) is 14.2. The van der Waals surface area contributed by atoms with Crippen LogP contribution >= 0.6 is 0 Å². The fraction of sp³-hybridized carbons (Fsp3) is 0.318. The van der Waals surface area contributed by atoms with Crippen LogP contribution in [0.1, 0.15) is 11.1 Å². The molecule has 7 nitrogen and oxygen atoms in total. The number of para-hydroxylation sites is 2. The van der Waals surface area contributed by atoms with Crippen molar-refractivity contribution in [1.29, 1.82) is 0 Å². The van der Waals surface area contributed by atoms with E-state index in [1.54, 1.807) is 6.07 Å². The number of aromatic nitrogens is 2. The number of fused-ring (bicyclic) bond motifs is 1. The van der Waals surface area contributed by atoms with Gasteiger partial charge in [0.15, 0.2) is 0 Å². The van der Waals surface area contributed by atoms with Crippen LogP contribution in [0, 0.1) is 0 Å². The van der Waals surface area contributed by atoms with Crippen molar-refractivity contribution in [3.05, 3.63) is 76.2 Å². The number of nitrogens with one attached hydrogen (secondary N) is 1. The fourth-order valence-electron chi connectivity index (χ4n) is 3.53. The van der Waals surface area contributed by atoms with Crippen LogP contribution in [-0.4, -0.2) is 46.7 Å². The van der Waals surface area contributed by atoms with Crippen molar-refractivity contribution in [2.75, 3.05) is 26.3 Å². The quantitative estimate of drug-likeness (QED) is 0.689. The van der Waals surface area contributed by atoms with Gasteiger partial charge >= 0.3 is 0 Å². The minimum Gasteiger partial charge on any atom is -0.379 e. The van der Waals surface area contributed by atoms with E-state index in [-0.39, 0.29) is 18.0 Å². The van der Waals surface area contributed by atoms with E-state index in [1.807, 2.05) is 30.3 Å². The summed E-state index contributed by atoms with van der Waals surface area (Å²) in [4.78, 5) is 31.1. The minimum atomic E-state index is -0.286. The molecule has 0 atom stereocenters. The van der Waals surface area contributed by atoms with E-state index in [2.05, 4.69) is 27.3 Å². The molecule has 0 radical (unpaired) electrons. The first kappa shape index (κ1) is 19.3. The highest BCUT2D eigenvalue weighted by Crippen LogP contribution is 2.11. The van der Waals surface area contributed by atoms with Gasteiger partial charge in [-0.25, -0.2) is 4.98 Å². The van der Waals surface area contributed by atoms with E-state index in [1.165, 1.54) is 16.3 Å². The molecule has 2 aromatic carbocycles. The summed E-state index contributed by atoms with van der Waals surface area (Å²) in [7, 11) is 0. The number of rotatable bonds is 6. The maximum Gasteiger partial charge on any atom is 0.269 e. The second kappa shape index (κ2) is 8.98. The van der Waals surface area contributed by atoms with Crippen molar-refractivity contribution < 1.29 is 9.53 Å². The van der Waals surface area contributed by atoms with Gasteiger partial charge in [0.05, 0.1) is 30.4 Å². The SMILES string of the molecule is O=C(Cn1c(=O)cnc2ccccc21)NCc1cccc(CN2CCOCC2)c1. The van der Waals surface area contributed by atoms with Crippen LogP contribution in [0.25, 0.3) is 11.0 Å². The zero-order valence-corrected chi connectivity index (χ0v) is 16.2. The highest BCUT2D eigenvalue weighted by molar-refractivity contribution is 5.79. The molecule has 0 saturated carbocycles. The Labute approximate surface area is 168 Å². The first-order valence-electron chi connectivity index (χ1n) is 9.78. The summed E-state index contributed by atoms with van der Waals surface area (Å²) < 4.78 is 6.84. The highest BCUT2D eigenvalue weighted by atomic mass is 16.5. The number of amides is 1. The molecule has 29 heavy (non-hydrogen) atoms. The van der Waals surface area contributed by atoms with Crippen LogP contribution in [-0.2, 0) is 29.2 Å². The third kappa shape index (κ3) is 4.88. The molecular formula is C22H24N4O3. The van der Waals surface area contributed by atoms with Gasteiger partial charge < -0.3 is 10.1 Å². The summed E-state index contributed by atoms with van der Waals surface area (Å²) in [5.74, 6) is -0.206. The summed E-state index contributed by atoms with van der Waals surface area (Å²) in [6.45, 7) is 4.70. The molecule has 1 aliphatic rings. The summed E-state index contributed by atoms with van der Waals surface area (Å²) in [6.07, 6.45) is 1.25. The van der Waals surface area contributed by atoms with Crippen LogP contribution in [0.5, 0.6) is 0 Å². The van der Waals surface area contributed by atoms with E-state index in [0.717, 1.165) is 38.4 Å². The Morgan fingerprint density at radius 1 is 1.07 bits per heavy atom. The number of benzene rings is 2. The number of ether oxygens (including phenoxy) is 1. The summed E-state index contributed by atoms with van der Waals surface area (Å²) in [5.41, 5.74) is 3.32. The van der Waals surface area contributed by atoms with Gasteiger partial charge in [-0.05, 0) is 23.3 Å². The van der Waals surface area contributed by atoms with Gasteiger partial charge in [-0.2, -0.15) is 0 Å². The molecule has 1 aliphatic heterocycles. The van der Waals surface area contributed by atoms with Gasteiger partial charge in [-0.1, -0.05) is 36.4 Å². The standard InChI is InChI=1S/C22H24N4O3/c27-21(16-26-20-7-2-1-6-19(20)23-14-22(26)28)24-13-17-4-3-5-18(12-17)15-25-8-10-29-11-9-25/h1-7,12,14H,8-11,13,15-16H2,(H,24,27). The number of hydrogen-bond acceptors (Lipinski definition) is 5. The van der Waals surface area contributed by atoms with Crippen LogP contribution in [0.3, 0.4) is 0 Å². The lowest BCUT2D eigenvalue weighted by Gasteiger charge is -2.26. The Balaban J connectivity index is 1.38. The zero-order valence-electron chi connectivity index (χ0n) is 16.2. The molecule has 3 aromatic rings. The van der Waals surface area contributed by atoms with Crippen molar-refractivity contribution in [2.24, 2.45) is 0 Å². The Kier molecular flexibility index (Phi) is 5.97. The van der Waals surface area contributed by atoms with Gasteiger partial charge in [0.25, 0.3) is 5.56 Å². The predicted octanol–water partition coefficient (Wildman–Crippen LogP) is 1.55. The predicted molar refractivity (Wildman–Crippen MR) is 110 cm³/mol. The molecule has 4 rings (SSSR count). The number of morpholine rings is 1. The van der Waals surface area contributed by atoms with Crippen molar-refractivity contribution in [2.45, 2.75) is 19.6 Å². The maximum absolute atomic E-state index is 12.5. The smallest absolute Gasteiger partial charge is 0.269 e. The molecular weight excluding hydrogens is 368 g/mol. The normalized spacial score (nSPS) is 14.8. The molecule has 0 bridgehead atoms. The van der Waals surface area contributed by atoms with E-state index >= 15 is 0 Å². The Bertz CT molecular complexity index is 1060. The number of hydrogen-bond donors (Lipinski definition) is 1. The van der Waals surface area contributed by atoms with Crippen LogP contribution < -0.4 is 10.9 Å². The lowest BCUT2D eigenvalue weighted by molar-refractivity contribution is -0.121. The molecule has 0 aliphatic carbocycles. The molecule has 1 N–H and O–H groups in total. The molecule has 150 valence electrons. The van der Waals surface area contributed by atoms with Gasteiger partial charge in [0.1, 0.15) is 6.54 Å². The largest absolute Gasteiger partial charge is 0.379 e. The van der Waals surface area contributed by atoms with Crippen molar-refractivity contribution >= 4 is 16.9 Å². The van der Waals surface area contributed by atoms with E-state index in [0.29, 0.717) is 17.6 Å². The van der Waals surface area contributed by atoms with Crippen molar-refractivity contribution in [3.63, 3.8) is 0 Å². The summed E-state index contributed by atoms with van der Waals surface area (Å²) >= 11 is 0. The number of carbonyl (C=O) groups excluding carboxylic acids is 1. The van der Waals surface area contributed by atoms with Crippen molar-refractivity contribution in [1.82, 2.24) is 19.8 Å². The third-order valence-corrected chi connectivity index (χ3v) is 5.05.